The van der Waals surface area contributed by atoms with Crippen LogP contribution in [-0.4, -0.2) is 38.3 Å². The smallest absolute Gasteiger partial charge is 0.246 e. The summed E-state index contributed by atoms with van der Waals surface area (Å²) in [5.41, 5.74) is 0. The average Bonchev–Trinajstić information content (AvgIpc) is 2.34. The fourth-order valence-corrected chi connectivity index (χ4v) is 1.52. The van der Waals surface area contributed by atoms with Crippen molar-refractivity contribution in [3.8, 4) is 6.07 Å². The number of carbonyl (C=O) groups excluding carboxylic acids is 1. The van der Waals surface area contributed by atoms with Gasteiger partial charge in [-0.1, -0.05) is 0 Å². The number of piperidine rings is 1. The van der Waals surface area contributed by atoms with Crippen LogP contribution in [0.2, 0.25) is 0 Å². The summed E-state index contributed by atoms with van der Waals surface area (Å²) in [6, 6.07) is 2.06. The summed E-state index contributed by atoms with van der Waals surface area (Å²) in [5.74, 6) is -0.288. The molecular weight excluding hydrogens is 206 g/mol. The lowest BCUT2D eigenvalue weighted by Crippen LogP contribution is -2.36. The Morgan fingerprint density at radius 3 is 2.94 bits per heavy atom. The second kappa shape index (κ2) is 7.20. The van der Waals surface area contributed by atoms with Gasteiger partial charge in [0.2, 0.25) is 5.91 Å². The van der Waals surface area contributed by atoms with Crippen LogP contribution in [0.1, 0.15) is 19.8 Å². The molecule has 0 aliphatic carbocycles. The summed E-state index contributed by atoms with van der Waals surface area (Å²) in [6.45, 7) is 4.18. The summed E-state index contributed by atoms with van der Waals surface area (Å²) in [6.07, 6.45) is 2.12. The van der Waals surface area contributed by atoms with Crippen molar-refractivity contribution in [1.82, 2.24) is 10.6 Å². The summed E-state index contributed by atoms with van der Waals surface area (Å²) in [4.78, 5) is 11.3. The Balaban J connectivity index is 2.07. The van der Waals surface area contributed by atoms with E-state index < -0.39 is 0 Å². The predicted molar refractivity (Wildman–Crippen MR) is 59.6 cm³/mol. The average molecular weight is 225 g/mol. The number of carbonyl (C=O) groups is 1. The Kier molecular flexibility index (Phi) is 5.83. The normalized spacial score (nSPS) is 18.8. The van der Waals surface area contributed by atoms with Crippen LogP contribution >= 0.6 is 0 Å². The molecule has 1 amide bonds. The first-order valence-electron chi connectivity index (χ1n) is 5.71. The van der Waals surface area contributed by atoms with Crippen molar-refractivity contribution in [2.45, 2.75) is 25.9 Å². The van der Waals surface area contributed by atoms with Gasteiger partial charge < -0.3 is 15.4 Å². The van der Waals surface area contributed by atoms with E-state index in [1.807, 2.05) is 0 Å². The third-order valence-corrected chi connectivity index (χ3v) is 2.56. The summed E-state index contributed by atoms with van der Waals surface area (Å²) < 4.78 is 5.48. The Labute approximate surface area is 96.2 Å². The van der Waals surface area contributed by atoms with Gasteiger partial charge in [-0.15, -0.1) is 0 Å². The van der Waals surface area contributed by atoms with Gasteiger partial charge in [-0.25, -0.2) is 0 Å². The molecule has 0 aromatic heterocycles. The van der Waals surface area contributed by atoms with Crippen LogP contribution in [0.4, 0.5) is 0 Å². The van der Waals surface area contributed by atoms with E-state index in [0.717, 1.165) is 25.9 Å². The zero-order chi connectivity index (χ0) is 11.8. The van der Waals surface area contributed by atoms with Crippen molar-refractivity contribution in [2.24, 2.45) is 5.92 Å². The van der Waals surface area contributed by atoms with Gasteiger partial charge in [0, 0.05) is 6.54 Å². The first kappa shape index (κ1) is 12.9. The molecule has 1 heterocycles. The summed E-state index contributed by atoms with van der Waals surface area (Å²) >= 11 is 0. The van der Waals surface area contributed by atoms with Crippen LogP contribution in [-0.2, 0) is 9.53 Å². The standard InChI is InChI=1S/C11H19N3O2/c1-9(6-12)7-14-11(15)8-16-10-2-4-13-5-3-10/h9-10,13H,2-5,7-8H2,1H3,(H,14,15). The van der Waals surface area contributed by atoms with Crippen molar-refractivity contribution in [3.05, 3.63) is 0 Å². The van der Waals surface area contributed by atoms with Crippen LogP contribution in [0.5, 0.6) is 0 Å². The number of rotatable bonds is 5. The molecule has 0 aromatic rings. The maximum atomic E-state index is 11.3. The maximum absolute atomic E-state index is 11.3. The summed E-state index contributed by atoms with van der Waals surface area (Å²) in [7, 11) is 0. The summed E-state index contributed by atoms with van der Waals surface area (Å²) in [5, 5.41) is 14.4. The minimum Gasteiger partial charge on any atom is -0.368 e. The van der Waals surface area contributed by atoms with Crippen LogP contribution in [0, 0.1) is 17.2 Å². The molecule has 0 radical (unpaired) electrons. The number of hydrogen-bond acceptors (Lipinski definition) is 4. The van der Waals surface area contributed by atoms with Gasteiger partial charge in [-0.05, 0) is 32.9 Å². The van der Waals surface area contributed by atoms with E-state index in [2.05, 4.69) is 16.7 Å². The monoisotopic (exact) mass is 225 g/mol. The second-order valence-electron chi connectivity index (χ2n) is 4.09. The molecule has 90 valence electrons. The Hall–Kier alpha value is -1.12. The molecule has 2 N–H and O–H groups in total. The van der Waals surface area contributed by atoms with Crippen molar-refractivity contribution < 1.29 is 9.53 Å². The van der Waals surface area contributed by atoms with E-state index in [1.165, 1.54) is 0 Å². The minimum atomic E-state index is -0.150. The van der Waals surface area contributed by atoms with Crippen LogP contribution in [0.25, 0.3) is 0 Å². The molecule has 1 aliphatic rings. The number of nitrogens with one attached hydrogen (secondary N) is 2. The van der Waals surface area contributed by atoms with Gasteiger partial charge in [-0.2, -0.15) is 5.26 Å². The number of amides is 1. The van der Waals surface area contributed by atoms with Gasteiger partial charge in [0.05, 0.1) is 18.1 Å². The van der Waals surface area contributed by atoms with Crippen LogP contribution in [0.3, 0.4) is 0 Å². The Morgan fingerprint density at radius 1 is 1.62 bits per heavy atom. The molecule has 5 nitrogen and oxygen atoms in total. The van der Waals surface area contributed by atoms with Crippen molar-refractivity contribution in [3.63, 3.8) is 0 Å². The minimum absolute atomic E-state index is 0.100. The van der Waals surface area contributed by atoms with Crippen molar-refractivity contribution in [1.29, 1.82) is 5.26 Å². The lowest BCUT2D eigenvalue weighted by Gasteiger charge is -2.22. The predicted octanol–water partition coefficient (Wildman–Crippen LogP) is 0.0309. The van der Waals surface area contributed by atoms with Gasteiger partial charge in [-0.3, -0.25) is 4.79 Å². The number of ether oxygens (including phenoxy) is 1. The molecule has 0 aromatic carbocycles. The number of hydrogen-bond donors (Lipinski definition) is 2. The van der Waals surface area contributed by atoms with E-state index in [9.17, 15) is 4.79 Å². The highest BCUT2D eigenvalue weighted by atomic mass is 16.5. The van der Waals surface area contributed by atoms with Crippen molar-refractivity contribution in [2.75, 3.05) is 26.2 Å². The SMILES string of the molecule is CC(C#N)CNC(=O)COC1CCNCC1. The fraction of sp³-hybridized carbons (Fsp3) is 0.818. The number of nitrogens with zero attached hydrogens (tertiary/aromatic N) is 1. The molecule has 1 unspecified atom stereocenters. The molecule has 0 bridgehead atoms. The van der Waals surface area contributed by atoms with E-state index >= 15 is 0 Å². The lowest BCUT2D eigenvalue weighted by molar-refractivity contribution is -0.128. The van der Waals surface area contributed by atoms with Gasteiger partial charge in [0.25, 0.3) is 0 Å². The molecule has 1 rings (SSSR count). The van der Waals surface area contributed by atoms with E-state index in [0.29, 0.717) is 6.54 Å². The largest absolute Gasteiger partial charge is 0.368 e. The second-order valence-corrected chi connectivity index (χ2v) is 4.09. The highest BCUT2D eigenvalue weighted by Crippen LogP contribution is 2.06. The van der Waals surface area contributed by atoms with Gasteiger partial charge >= 0.3 is 0 Å². The molecule has 0 spiro atoms. The van der Waals surface area contributed by atoms with Gasteiger partial charge in [0.1, 0.15) is 6.61 Å². The fourth-order valence-electron chi connectivity index (χ4n) is 1.52. The third-order valence-electron chi connectivity index (χ3n) is 2.56. The zero-order valence-electron chi connectivity index (χ0n) is 9.66. The van der Waals surface area contributed by atoms with Crippen LogP contribution in [0.15, 0.2) is 0 Å². The quantitative estimate of drug-likeness (QED) is 0.692. The maximum Gasteiger partial charge on any atom is 0.246 e. The zero-order valence-corrected chi connectivity index (χ0v) is 9.66. The topological polar surface area (TPSA) is 74.2 Å². The third kappa shape index (κ3) is 5.10. The molecule has 1 fully saturated rings. The lowest BCUT2D eigenvalue weighted by atomic mass is 10.1. The molecule has 16 heavy (non-hydrogen) atoms. The van der Waals surface area contributed by atoms with E-state index in [1.54, 1.807) is 6.92 Å². The van der Waals surface area contributed by atoms with E-state index in [-0.39, 0.29) is 24.5 Å². The first-order valence-corrected chi connectivity index (χ1v) is 5.71. The Bertz CT molecular complexity index is 256. The highest BCUT2D eigenvalue weighted by Gasteiger charge is 2.14. The van der Waals surface area contributed by atoms with E-state index in [4.69, 9.17) is 10.00 Å². The van der Waals surface area contributed by atoms with Crippen molar-refractivity contribution >= 4 is 5.91 Å². The van der Waals surface area contributed by atoms with Crippen LogP contribution < -0.4 is 10.6 Å². The molecule has 5 heteroatoms. The molecular formula is C11H19N3O2. The highest BCUT2D eigenvalue weighted by molar-refractivity contribution is 5.77. The molecule has 1 aliphatic heterocycles. The Morgan fingerprint density at radius 2 is 2.31 bits per heavy atom. The molecule has 0 saturated carbocycles. The van der Waals surface area contributed by atoms with Gasteiger partial charge in [0.15, 0.2) is 0 Å². The first-order chi connectivity index (χ1) is 7.72. The number of nitriles is 1. The molecule has 1 saturated heterocycles. The molecule has 1 atom stereocenters.